The molecular formula is C25H28N8O3. The van der Waals surface area contributed by atoms with Gasteiger partial charge in [-0.15, -0.1) is 5.10 Å². The van der Waals surface area contributed by atoms with E-state index in [0.29, 0.717) is 17.3 Å². The van der Waals surface area contributed by atoms with Crippen molar-refractivity contribution in [2.24, 2.45) is 13.0 Å². The highest BCUT2D eigenvalue weighted by atomic mass is 16.5. The standard InChI is InChI=1S/C25H28N8O3/c1-17-21(32-11-3-5-18(15-32)13-24(34)35)7-6-20(28-17)25-22(31(2)30-29-25)16-36-23-14-19(8-10-26-23)33-12-4-9-27-33/h4,6-10,12,14,18H,3,5,11,13,15-16H2,1-2H3,(H,34,35). The van der Waals surface area contributed by atoms with E-state index in [9.17, 15) is 9.90 Å². The summed E-state index contributed by atoms with van der Waals surface area (Å²) in [7, 11) is 1.82. The molecule has 36 heavy (non-hydrogen) atoms. The number of carboxylic acid groups (broad SMARTS) is 1. The molecule has 0 bridgehead atoms. The molecule has 1 aliphatic rings. The number of aryl methyl sites for hydroxylation is 2. The van der Waals surface area contributed by atoms with Crippen LogP contribution in [-0.2, 0) is 18.4 Å². The van der Waals surface area contributed by atoms with Gasteiger partial charge in [-0.05, 0) is 49.9 Å². The number of nitrogens with zero attached hydrogens (tertiary/aromatic N) is 8. The highest BCUT2D eigenvalue weighted by Gasteiger charge is 2.24. The maximum absolute atomic E-state index is 11.2. The molecule has 1 aliphatic heterocycles. The number of hydrogen-bond donors (Lipinski definition) is 1. The molecule has 1 N–H and O–H groups in total. The van der Waals surface area contributed by atoms with Crippen LogP contribution in [-0.4, -0.2) is 58.9 Å². The Morgan fingerprint density at radius 1 is 1.25 bits per heavy atom. The number of aliphatic carboxylic acids is 1. The minimum absolute atomic E-state index is 0.152. The van der Waals surface area contributed by atoms with Crippen molar-refractivity contribution >= 4 is 11.7 Å². The van der Waals surface area contributed by atoms with Crippen LogP contribution in [0.3, 0.4) is 0 Å². The molecule has 5 heterocycles. The third kappa shape index (κ3) is 5.04. The third-order valence-corrected chi connectivity index (χ3v) is 6.41. The van der Waals surface area contributed by atoms with Crippen molar-refractivity contribution < 1.29 is 14.6 Å². The van der Waals surface area contributed by atoms with Crippen LogP contribution >= 0.6 is 0 Å². The summed E-state index contributed by atoms with van der Waals surface area (Å²) < 4.78 is 9.41. The van der Waals surface area contributed by atoms with E-state index in [1.54, 1.807) is 21.8 Å². The summed E-state index contributed by atoms with van der Waals surface area (Å²) in [4.78, 5) is 22.5. The zero-order valence-electron chi connectivity index (χ0n) is 20.3. The Bertz CT molecular complexity index is 1350. The lowest BCUT2D eigenvalue weighted by molar-refractivity contribution is -0.138. The summed E-state index contributed by atoms with van der Waals surface area (Å²) in [6, 6.07) is 9.51. The van der Waals surface area contributed by atoms with Crippen molar-refractivity contribution in [1.82, 2.24) is 34.7 Å². The smallest absolute Gasteiger partial charge is 0.303 e. The number of aromatic nitrogens is 7. The second kappa shape index (κ2) is 10.1. The molecule has 4 aromatic heterocycles. The average Bonchev–Trinajstić information content (AvgIpc) is 3.53. The fourth-order valence-corrected chi connectivity index (χ4v) is 4.64. The van der Waals surface area contributed by atoms with E-state index in [2.05, 4.69) is 25.3 Å². The summed E-state index contributed by atoms with van der Waals surface area (Å²) in [5, 5.41) is 22.0. The Labute approximate surface area is 208 Å². The average molecular weight is 489 g/mol. The lowest BCUT2D eigenvalue weighted by atomic mass is 9.94. The minimum atomic E-state index is -0.743. The van der Waals surface area contributed by atoms with E-state index < -0.39 is 5.97 Å². The van der Waals surface area contributed by atoms with E-state index in [-0.39, 0.29) is 18.9 Å². The molecule has 0 spiro atoms. The quantitative estimate of drug-likeness (QED) is 0.398. The van der Waals surface area contributed by atoms with E-state index in [1.165, 1.54) is 0 Å². The molecule has 4 aromatic rings. The monoisotopic (exact) mass is 488 g/mol. The first-order chi connectivity index (χ1) is 17.5. The first-order valence-electron chi connectivity index (χ1n) is 11.9. The van der Waals surface area contributed by atoms with Gasteiger partial charge in [0.15, 0.2) is 0 Å². The maximum atomic E-state index is 11.2. The molecule has 0 aliphatic carbocycles. The summed E-state index contributed by atoms with van der Waals surface area (Å²) in [6.07, 6.45) is 7.37. The molecule has 0 amide bonds. The Hall–Kier alpha value is -4.28. The molecule has 0 saturated carbocycles. The number of ether oxygens (including phenoxy) is 1. The van der Waals surface area contributed by atoms with Crippen LogP contribution in [0.4, 0.5) is 5.69 Å². The molecular weight excluding hydrogens is 460 g/mol. The van der Waals surface area contributed by atoms with Gasteiger partial charge >= 0.3 is 5.97 Å². The summed E-state index contributed by atoms with van der Waals surface area (Å²) in [5.41, 5.74) is 4.88. The van der Waals surface area contributed by atoms with Crippen molar-refractivity contribution in [2.75, 3.05) is 18.0 Å². The lowest BCUT2D eigenvalue weighted by Gasteiger charge is -2.34. The number of pyridine rings is 2. The van der Waals surface area contributed by atoms with Crippen LogP contribution in [0, 0.1) is 12.8 Å². The maximum Gasteiger partial charge on any atom is 0.303 e. The van der Waals surface area contributed by atoms with E-state index >= 15 is 0 Å². The van der Waals surface area contributed by atoms with E-state index in [0.717, 1.165) is 48.7 Å². The third-order valence-electron chi connectivity index (χ3n) is 6.41. The Kier molecular flexibility index (Phi) is 6.61. The van der Waals surface area contributed by atoms with Gasteiger partial charge in [0.25, 0.3) is 0 Å². The van der Waals surface area contributed by atoms with Crippen LogP contribution in [0.5, 0.6) is 5.88 Å². The SMILES string of the molecule is Cc1nc(-c2nnn(C)c2COc2cc(-n3cccn3)ccn2)ccc1N1CCCC(CC(=O)O)C1. The van der Waals surface area contributed by atoms with E-state index in [1.807, 2.05) is 50.5 Å². The number of hydrogen-bond acceptors (Lipinski definition) is 8. The van der Waals surface area contributed by atoms with Gasteiger partial charge in [0.1, 0.15) is 18.0 Å². The summed E-state index contributed by atoms with van der Waals surface area (Å²) in [6.45, 7) is 3.81. The normalized spacial score (nSPS) is 15.7. The molecule has 1 unspecified atom stereocenters. The number of carbonyl (C=O) groups is 1. The molecule has 1 atom stereocenters. The van der Waals surface area contributed by atoms with Crippen molar-refractivity contribution in [3.8, 4) is 23.0 Å². The Balaban J connectivity index is 1.33. The zero-order chi connectivity index (χ0) is 25.1. The van der Waals surface area contributed by atoms with Gasteiger partial charge < -0.3 is 14.7 Å². The van der Waals surface area contributed by atoms with Crippen molar-refractivity contribution in [3.63, 3.8) is 0 Å². The van der Waals surface area contributed by atoms with Gasteiger partial charge in [-0.1, -0.05) is 5.21 Å². The highest BCUT2D eigenvalue weighted by Crippen LogP contribution is 2.29. The first kappa shape index (κ1) is 23.5. The minimum Gasteiger partial charge on any atom is -0.481 e. The Morgan fingerprint density at radius 2 is 2.14 bits per heavy atom. The molecule has 186 valence electrons. The number of anilines is 1. The second-order valence-electron chi connectivity index (χ2n) is 8.95. The van der Waals surface area contributed by atoms with Gasteiger partial charge in [-0.3, -0.25) is 4.79 Å². The highest BCUT2D eigenvalue weighted by molar-refractivity contribution is 5.67. The van der Waals surface area contributed by atoms with Gasteiger partial charge in [-0.25, -0.2) is 19.3 Å². The topological polar surface area (TPSA) is 124 Å². The number of rotatable bonds is 8. The van der Waals surface area contributed by atoms with Crippen LogP contribution in [0.15, 0.2) is 48.9 Å². The second-order valence-corrected chi connectivity index (χ2v) is 8.95. The number of piperidine rings is 1. The van der Waals surface area contributed by atoms with Crippen LogP contribution in [0.25, 0.3) is 17.1 Å². The van der Waals surface area contributed by atoms with E-state index in [4.69, 9.17) is 9.72 Å². The lowest BCUT2D eigenvalue weighted by Crippen LogP contribution is -2.36. The van der Waals surface area contributed by atoms with Gasteiger partial charge in [0.05, 0.1) is 22.8 Å². The number of carboxylic acids is 1. The summed E-state index contributed by atoms with van der Waals surface area (Å²) in [5.74, 6) is -0.122. The molecule has 1 fully saturated rings. The van der Waals surface area contributed by atoms with Gasteiger partial charge in [0, 0.05) is 51.2 Å². The van der Waals surface area contributed by atoms with Crippen LogP contribution in [0.2, 0.25) is 0 Å². The zero-order valence-corrected chi connectivity index (χ0v) is 20.3. The van der Waals surface area contributed by atoms with Crippen LogP contribution < -0.4 is 9.64 Å². The molecule has 11 heteroatoms. The van der Waals surface area contributed by atoms with Gasteiger partial charge in [-0.2, -0.15) is 5.10 Å². The fourth-order valence-electron chi connectivity index (χ4n) is 4.64. The van der Waals surface area contributed by atoms with Crippen molar-refractivity contribution in [1.29, 1.82) is 0 Å². The Morgan fingerprint density at radius 3 is 2.92 bits per heavy atom. The molecule has 1 saturated heterocycles. The largest absolute Gasteiger partial charge is 0.481 e. The van der Waals surface area contributed by atoms with Crippen molar-refractivity contribution in [2.45, 2.75) is 32.8 Å². The first-order valence-corrected chi connectivity index (χ1v) is 11.9. The summed E-state index contributed by atoms with van der Waals surface area (Å²) >= 11 is 0. The molecule has 0 aromatic carbocycles. The van der Waals surface area contributed by atoms with Gasteiger partial charge in [0.2, 0.25) is 5.88 Å². The predicted molar refractivity (Wildman–Crippen MR) is 132 cm³/mol. The fraction of sp³-hybridized carbons (Fsp3) is 0.360. The van der Waals surface area contributed by atoms with Crippen LogP contribution in [0.1, 0.15) is 30.7 Å². The van der Waals surface area contributed by atoms with Crippen molar-refractivity contribution in [3.05, 3.63) is 60.3 Å². The molecule has 5 rings (SSSR count). The predicted octanol–water partition coefficient (Wildman–Crippen LogP) is 3.04. The molecule has 11 nitrogen and oxygen atoms in total. The molecule has 0 radical (unpaired) electrons.